The second-order valence-electron chi connectivity index (χ2n) is 10.2. The van der Waals surface area contributed by atoms with Crippen molar-refractivity contribution in [1.29, 1.82) is 0 Å². The van der Waals surface area contributed by atoms with Crippen molar-refractivity contribution in [3.8, 4) is 0 Å². The summed E-state index contributed by atoms with van der Waals surface area (Å²) in [6.45, 7) is 15.1. The van der Waals surface area contributed by atoms with Crippen LogP contribution >= 0.6 is 0 Å². The largest absolute Gasteiger partial charge is 0.416 e. The lowest BCUT2D eigenvalue weighted by molar-refractivity contribution is -0.137. The highest BCUT2D eigenvalue weighted by Gasteiger charge is 2.31. The minimum atomic E-state index is -4.43. The maximum Gasteiger partial charge on any atom is 0.416 e. The number of anilines is 1. The molecular weight excluding hydrogens is 541 g/mol. The number of carbonyl (C=O) groups excluding carboxylic acids is 2. The fourth-order valence-corrected chi connectivity index (χ4v) is 4.84. The summed E-state index contributed by atoms with van der Waals surface area (Å²) >= 11 is 0. The normalized spacial score (nSPS) is 12.0. The molecule has 42 heavy (non-hydrogen) atoms. The molecule has 1 aromatic carbocycles. The third-order valence-electron chi connectivity index (χ3n) is 6.63. The van der Waals surface area contributed by atoms with Gasteiger partial charge in [0.25, 0.3) is 0 Å². The van der Waals surface area contributed by atoms with E-state index in [0.29, 0.717) is 28.1 Å². The van der Waals surface area contributed by atoms with Gasteiger partial charge in [0.1, 0.15) is 5.70 Å². The highest BCUT2D eigenvalue weighted by Crippen LogP contribution is 2.33. The van der Waals surface area contributed by atoms with Gasteiger partial charge in [-0.1, -0.05) is 44.9 Å². The van der Waals surface area contributed by atoms with Crippen LogP contribution in [0.2, 0.25) is 0 Å². The monoisotopic (exact) mass is 582 g/mol. The lowest BCUT2D eigenvalue weighted by Gasteiger charge is -2.31. The number of hydrogen-bond donors (Lipinski definition) is 0. The lowest BCUT2D eigenvalue weighted by atomic mass is 10.0. The molecule has 9 heteroatoms. The number of amides is 1. The Kier molecular flexibility index (Phi) is 12.4. The zero-order valence-electron chi connectivity index (χ0n) is 25.5. The number of aromatic nitrogens is 2. The van der Waals surface area contributed by atoms with E-state index in [2.05, 4.69) is 30.4 Å². The zero-order valence-corrected chi connectivity index (χ0v) is 25.5. The molecule has 0 atom stereocenters. The molecule has 0 saturated carbocycles. The molecule has 226 valence electrons. The van der Waals surface area contributed by atoms with Gasteiger partial charge in [0, 0.05) is 55.1 Å². The number of allylic oxidation sites excluding steroid dienone is 3. The van der Waals surface area contributed by atoms with Crippen molar-refractivity contribution < 1.29 is 22.8 Å². The number of hydrogen-bond acceptors (Lipinski definition) is 4. The third kappa shape index (κ3) is 8.74. The van der Waals surface area contributed by atoms with E-state index in [1.54, 1.807) is 40.1 Å². The van der Waals surface area contributed by atoms with E-state index in [9.17, 15) is 22.8 Å². The van der Waals surface area contributed by atoms with Crippen LogP contribution in [0.25, 0.3) is 10.9 Å². The van der Waals surface area contributed by atoms with Gasteiger partial charge in [-0.3, -0.25) is 19.6 Å². The van der Waals surface area contributed by atoms with Crippen molar-refractivity contribution >= 4 is 34.5 Å². The summed E-state index contributed by atoms with van der Waals surface area (Å²) in [6.07, 6.45) is 6.16. The first-order valence-electron chi connectivity index (χ1n) is 14.0. The summed E-state index contributed by atoms with van der Waals surface area (Å²) in [5.74, 6) is -0.251. The Morgan fingerprint density at radius 1 is 1.14 bits per heavy atom. The number of alkyl halides is 3. The number of Topliss-reactive ketones (excluding diaryl/α,β-unsaturated/α-hetero) is 1. The average molecular weight is 583 g/mol. The third-order valence-corrected chi connectivity index (χ3v) is 6.63. The molecule has 0 spiro atoms. The van der Waals surface area contributed by atoms with Crippen LogP contribution in [0, 0.1) is 6.92 Å². The fourth-order valence-electron chi connectivity index (χ4n) is 4.84. The van der Waals surface area contributed by atoms with Gasteiger partial charge in [-0.15, -0.1) is 0 Å². The Labute approximate surface area is 246 Å². The smallest absolute Gasteiger partial charge is 0.350 e. The maximum absolute atomic E-state index is 12.9. The number of halogens is 3. The summed E-state index contributed by atoms with van der Waals surface area (Å²) in [4.78, 5) is 35.0. The summed E-state index contributed by atoms with van der Waals surface area (Å²) in [7, 11) is 1.60. The van der Waals surface area contributed by atoms with Crippen LogP contribution in [0.1, 0.15) is 81.9 Å². The van der Waals surface area contributed by atoms with Crippen LogP contribution < -0.4 is 4.90 Å². The van der Waals surface area contributed by atoms with E-state index < -0.39 is 11.7 Å². The number of ketones is 1. The minimum absolute atomic E-state index is 0.109. The Hall–Kier alpha value is -4.01. The molecule has 2 aromatic heterocycles. The van der Waals surface area contributed by atoms with Crippen molar-refractivity contribution in [2.45, 2.75) is 79.4 Å². The predicted octanol–water partition coefficient (Wildman–Crippen LogP) is 8.64. The average Bonchev–Trinajstić information content (AvgIpc) is 3.25. The Morgan fingerprint density at radius 3 is 2.29 bits per heavy atom. The Balaban J connectivity index is 0.000000307. The molecular formula is C33H41F3N4O2. The van der Waals surface area contributed by atoms with Gasteiger partial charge < -0.3 is 9.47 Å². The van der Waals surface area contributed by atoms with Gasteiger partial charge >= 0.3 is 6.18 Å². The van der Waals surface area contributed by atoms with Crippen LogP contribution in [0.15, 0.2) is 71.6 Å². The second kappa shape index (κ2) is 15.3. The molecule has 0 aliphatic carbocycles. The summed E-state index contributed by atoms with van der Waals surface area (Å²) in [5, 5.41) is 0.453. The summed E-state index contributed by atoms with van der Waals surface area (Å²) < 4.78 is 40.1. The zero-order chi connectivity index (χ0) is 31.6. The number of fused-ring (bicyclic) bond motifs is 1. The second-order valence-corrected chi connectivity index (χ2v) is 10.2. The molecule has 0 aliphatic heterocycles. The van der Waals surface area contributed by atoms with E-state index in [-0.39, 0.29) is 17.4 Å². The summed E-state index contributed by atoms with van der Waals surface area (Å²) in [5.41, 5.74) is 2.62. The molecule has 0 saturated heterocycles. The number of benzene rings is 1. The SMILES string of the molecule is C=C(C)/C=C(\N=CC)C(=O)c1cn(C)c2cc(C(F)(F)F)ccc12.CCCC(CCC)N(C(C)=O)c1cccnc1C. The molecule has 0 bridgehead atoms. The van der Waals surface area contributed by atoms with Crippen LogP contribution in [-0.4, -0.2) is 33.5 Å². The molecule has 2 heterocycles. The number of aryl methyl sites for hydroxylation is 2. The van der Waals surface area contributed by atoms with Gasteiger partial charge in [0.15, 0.2) is 0 Å². The molecule has 0 radical (unpaired) electrons. The first-order chi connectivity index (χ1) is 19.8. The molecule has 3 aromatic rings. The standard InChI is InChI=1S/C18H17F3N2O.C15H24N2O/c1-5-22-15(8-11(2)3)17(24)14-10-23(4)16-9-12(18(19,20)21)6-7-13(14)16;1-5-8-14(9-6-2)17(13(4)18)15-10-7-11-16-12(15)3/h5-10H,2H2,1,3-4H3;7,10-11,14H,5-6,8-9H2,1-4H3/b15-8-,22-5?;. The number of rotatable bonds is 10. The molecule has 0 N–H and O–H groups in total. The maximum atomic E-state index is 12.9. The van der Waals surface area contributed by atoms with E-state index in [4.69, 9.17) is 0 Å². The van der Waals surface area contributed by atoms with Crippen molar-refractivity contribution in [3.63, 3.8) is 0 Å². The number of nitrogens with zero attached hydrogens (tertiary/aromatic N) is 4. The van der Waals surface area contributed by atoms with E-state index in [0.717, 1.165) is 49.2 Å². The molecule has 0 unspecified atom stereocenters. The van der Waals surface area contributed by atoms with Crippen molar-refractivity contribution in [3.05, 3.63) is 83.5 Å². The molecule has 6 nitrogen and oxygen atoms in total. The Morgan fingerprint density at radius 2 is 1.79 bits per heavy atom. The van der Waals surface area contributed by atoms with Gasteiger partial charge in [-0.2, -0.15) is 13.2 Å². The number of aliphatic imine (C=N–C) groups is 1. The van der Waals surface area contributed by atoms with E-state index in [1.165, 1.54) is 23.0 Å². The molecule has 0 fully saturated rings. The topological polar surface area (TPSA) is 67.6 Å². The fraction of sp³-hybridized carbons (Fsp3) is 0.394. The van der Waals surface area contributed by atoms with Crippen LogP contribution in [0.3, 0.4) is 0 Å². The van der Waals surface area contributed by atoms with E-state index in [1.807, 2.05) is 24.0 Å². The Bertz CT molecular complexity index is 1460. The lowest BCUT2D eigenvalue weighted by Crippen LogP contribution is -2.39. The predicted molar refractivity (Wildman–Crippen MR) is 165 cm³/mol. The number of carbonyl (C=O) groups is 2. The highest BCUT2D eigenvalue weighted by atomic mass is 19.4. The highest BCUT2D eigenvalue weighted by molar-refractivity contribution is 6.16. The number of pyridine rings is 1. The van der Waals surface area contributed by atoms with Crippen molar-refractivity contribution in [1.82, 2.24) is 9.55 Å². The first-order valence-corrected chi connectivity index (χ1v) is 14.0. The van der Waals surface area contributed by atoms with E-state index >= 15 is 0 Å². The summed E-state index contributed by atoms with van der Waals surface area (Å²) in [6, 6.07) is 7.51. The van der Waals surface area contributed by atoms with Crippen LogP contribution in [-0.2, 0) is 18.0 Å². The molecule has 3 rings (SSSR count). The molecule has 0 aliphatic rings. The van der Waals surface area contributed by atoms with Gasteiger partial charge in [0.05, 0.1) is 16.9 Å². The first kappa shape index (κ1) is 34.2. The van der Waals surface area contributed by atoms with Gasteiger partial charge in [-0.05, 0) is 64.0 Å². The van der Waals surface area contributed by atoms with Crippen LogP contribution in [0.5, 0.6) is 0 Å². The van der Waals surface area contributed by atoms with Gasteiger partial charge in [-0.25, -0.2) is 0 Å². The van der Waals surface area contributed by atoms with Gasteiger partial charge in [0.2, 0.25) is 11.7 Å². The molecule has 1 amide bonds. The van der Waals surface area contributed by atoms with Crippen molar-refractivity contribution in [2.24, 2.45) is 12.0 Å². The van der Waals surface area contributed by atoms with Crippen LogP contribution in [0.4, 0.5) is 18.9 Å². The van der Waals surface area contributed by atoms with Crippen molar-refractivity contribution in [2.75, 3.05) is 4.90 Å². The quantitative estimate of drug-likeness (QED) is 0.104. The minimum Gasteiger partial charge on any atom is -0.350 e.